The van der Waals surface area contributed by atoms with E-state index in [-0.39, 0.29) is 0 Å². The number of nitrogens with zero attached hydrogens (tertiary/aromatic N) is 2. The Morgan fingerprint density at radius 2 is 1.93 bits per heavy atom. The molecule has 1 aliphatic carbocycles. The van der Waals surface area contributed by atoms with E-state index in [4.69, 9.17) is 0 Å². The molecule has 2 aliphatic heterocycles. The van der Waals surface area contributed by atoms with E-state index in [9.17, 15) is 0 Å². The van der Waals surface area contributed by atoms with Gasteiger partial charge in [-0.15, -0.1) is 0 Å². The molecule has 0 aromatic carbocycles. The smallest absolute Gasteiger partial charge is 0.0350 e. The first kappa shape index (κ1) is 9.13. The molecule has 1 saturated carbocycles. The standard InChI is InChI=1S/C11H21N3/c1-13(9-2-3-9)11-7-14(8-11)10-4-5-12-6-10/h9-12H,2-8H2,1H3. The molecule has 3 nitrogen and oxygen atoms in total. The van der Waals surface area contributed by atoms with Crippen LogP contribution in [-0.4, -0.2) is 61.2 Å². The molecule has 3 rings (SSSR count). The van der Waals surface area contributed by atoms with Gasteiger partial charge in [-0.3, -0.25) is 9.80 Å². The largest absolute Gasteiger partial charge is 0.315 e. The molecule has 0 aromatic heterocycles. The van der Waals surface area contributed by atoms with E-state index in [1.165, 1.54) is 45.4 Å². The second kappa shape index (κ2) is 3.47. The Morgan fingerprint density at radius 3 is 2.50 bits per heavy atom. The van der Waals surface area contributed by atoms with Gasteiger partial charge in [-0.1, -0.05) is 0 Å². The summed E-state index contributed by atoms with van der Waals surface area (Å²) in [5, 5.41) is 3.45. The van der Waals surface area contributed by atoms with Gasteiger partial charge >= 0.3 is 0 Å². The summed E-state index contributed by atoms with van der Waals surface area (Å²) in [6, 6.07) is 2.64. The van der Waals surface area contributed by atoms with Crippen LogP contribution in [0.4, 0.5) is 0 Å². The number of rotatable bonds is 3. The predicted octanol–water partition coefficient (Wildman–Crippen LogP) is 0.127. The third kappa shape index (κ3) is 1.58. The van der Waals surface area contributed by atoms with Crippen LogP contribution in [0.2, 0.25) is 0 Å². The van der Waals surface area contributed by atoms with Gasteiger partial charge in [0, 0.05) is 37.8 Å². The van der Waals surface area contributed by atoms with Crippen molar-refractivity contribution in [1.82, 2.24) is 15.1 Å². The molecule has 0 bridgehead atoms. The average Bonchev–Trinajstić information content (AvgIpc) is 2.83. The van der Waals surface area contributed by atoms with Crippen LogP contribution in [-0.2, 0) is 0 Å². The van der Waals surface area contributed by atoms with Crippen molar-refractivity contribution in [3.05, 3.63) is 0 Å². The molecular weight excluding hydrogens is 174 g/mol. The first-order valence-electron chi connectivity index (χ1n) is 6.01. The quantitative estimate of drug-likeness (QED) is 0.690. The summed E-state index contributed by atoms with van der Waals surface area (Å²) in [6.07, 6.45) is 4.25. The van der Waals surface area contributed by atoms with Gasteiger partial charge in [0.05, 0.1) is 0 Å². The molecule has 3 fully saturated rings. The Labute approximate surface area is 86.4 Å². The Kier molecular flexibility index (Phi) is 2.26. The number of hydrogen-bond donors (Lipinski definition) is 1. The lowest BCUT2D eigenvalue weighted by atomic mass is 10.0. The summed E-state index contributed by atoms with van der Waals surface area (Å²) in [5.74, 6) is 0. The van der Waals surface area contributed by atoms with Crippen LogP contribution in [0, 0.1) is 0 Å². The van der Waals surface area contributed by atoms with Crippen LogP contribution in [0.3, 0.4) is 0 Å². The molecule has 0 amide bonds. The van der Waals surface area contributed by atoms with Crippen molar-refractivity contribution >= 4 is 0 Å². The van der Waals surface area contributed by atoms with Gasteiger partial charge in [-0.2, -0.15) is 0 Å². The number of likely N-dealkylation sites (tertiary alicyclic amines) is 1. The zero-order chi connectivity index (χ0) is 9.54. The van der Waals surface area contributed by atoms with Crippen LogP contribution < -0.4 is 5.32 Å². The predicted molar refractivity (Wildman–Crippen MR) is 57.4 cm³/mol. The number of likely N-dealkylation sites (N-methyl/N-ethyl adjacent to an activating group) is 1. The van der Waals surface area contributed by atoms with Crippen LogP contribution in [0.15, 0.2) is 0 Å². The number of nitrogens with one attached hydrogen (secondary N) is 1. The molecule has 0 spiro atoms. The molecule has 1 N–H and O–H groups in total. The maximum Gasteiger partial charge on any atom is 0.0350 e. The maximum atomic E-state index is 3.45. The van der Waals surface area contributed by atoms with Crippen molar-refractivity contribution < 1.29 is 0 Å². The van der Waals surface area contributed by atoms with E-state index in [1.807, 2.05) is 0 Å². The van der Waals surface area contributed by atoms with E-state index < -0.39 is 0 Å². The zero-order valence-corrected chi connectivity index (χ0v) is 9.08. The normalized spacial score (nSPS) is 35.1. The highest BCUT2D eigenvalue weighted by Crippen LogP contribution is 2.30. The Hall–Kier alpha value is -0.120. The third-order valence-corrected chi connectivity index (χ3v) is 4.14. The fraction of sp³-hybridized carbons (Fsp3) is 1.00. The molecule has 1 unspecified atom stereocenters. The van der Waals surface area contributed by atoms with Crippen LogP contribution in [0.1, 0.15) is 19.3 Å². The highest BCUT2D eigenvalue weighted by molar-refractivity contribution is 4.97. The summed E-state index contributed by atoms with van der Waals surface area (Å²) >= 11 is 0. The van der Waals surface area contributed by atoms with Crippen molar-refractivity contribution in [1.29, 1.82) is 0 Å². The van der Waals surface area contributed by atoms with Gasteiger partial charge < -0.3 is 5.32 Å². The Bertz CT molecular complexity index is 197. The fourth-order valence-electron chi connectivity index (χ4n) is 2.77. The zero-order valence-electron chi connectivity index (χ0n) is 9.08. The third-order valence-electron chi connectivity index (χ3n) is 4.14. The van der Waals surface area contributed by atoms with Gasteiger partial charge in [0.2, 0.25) is 0 Å². The lowest BCUT2D eigenvalue weighted by Gasteiger charge is -2.47. The van der Waals surface area contributed by atoms with E-state index in [0.29, 0.717) is 0 Å². The second-order valence-corrected chi connectivity index (χ2v) is 5.15. The van der Waals surface area contributed by atoms with Crippen molar-refractivity contribution in [3.8, 4) is 0 Å². The summed E-state index contributed by atoms with van der Waals surface area (Å²) in [6.45, 7) is 5.09. The van der Waals surface area contributed by atoms with E-state index in [1.54, 1.807) is 0 Å². The van der Waals surface area contributed by atoms with Gasteiger partial charge in [0.1, 0.15) is 0 Å². The topological polar surface area (TPSA) is 18.5 Å². The second-order valence-electron chi connectivity index (χ2n) is 5.15. The first-order chi connectivity index (χ1) is 6.84. The molecular formula is C11H21N3. The summed E-state index contributed by atoms with van der Waals surface area (Å²) in [5.41, 5.74) is 0. The minimum Gasteiger partial charge on any atom is -0.315 e. The Morgan fingerprint density at radius 1 is 1.14 bits per heavy atom. The molecule has 3 heteroatoms. The highest BCUT2D eigenvalue weighted by Gasteiger charge is 2.40. The molecule has 14 heavy (non-hydrogen) atoms. The summed E-state index contributed by atoms with van der Waals surface area (Å²) < 4.78 is 0. The molecule has 0 aromatic rings. The monoisotopic (exact) mass is 195 g/mol. The van der Waals surface area contributed by atoms with E-state index in [0.717, 1.165) is 18.1 Å². The summed E-state index contributed by atoms with van der Waals surface area (Å²) in [4.78, 5) is 5.27. The maximum absolute atomic E-state index is 3.45. The molecule has 3 aliphatic rings. The Balaban J connectivity index is 1.45. The minimum absolute atomic E-state index is 0.846. The van der Waals surface area contributed by atoms with Crippen molar-refractivity contribution in [2.24, 2.45) is 0 Å². The lowest BCUT2D eigenvalue weighted by molar-refractivity contribution is 0.0185. The van der Waals surface area contributed by atoms with Gasteiger partial charge in [-0.05, 0) is 32.9 Å². The minimum atomic E-state index is 0.846. The van der Waals surface area contributed by atoms with E-state index >= 15 is 0 Å². The molecule has 0 radical (unpaired) electrons. The first-order valence-corrected chi connectivity index (χ1v) is 6.01. The molecule has 2 heterocycles. The average molecular weight is 195 g/mol. The van der Waals surface area contributed by atoms with Crippen LogP contribution >= 0.6 is 0 Å². The lowest BCUT2D eigenvalue weighted by Crippen LogP contribution is -2.62. The molecule has 2 saturated heterocycles. The van der Waals surface area contributed by atoms with Crippen LogP contribution in [0.25, 0.3) is 0 Å². The molecule has 1 atom stereocenters. The van der Waals surface area contributed by atoms with Crippen LogP contribution in [0.5, 0.6) is 0 Å². The highest BCUT2D eigenvalue weighted by atomic mass is 15.3. The van der Waals surface area contributed by atoms with Gasteiger partial charge in [0.25, 0.3) is 0 Å². The number of hydrogen-bond acceptors (Lipinski definition) is 3. The van der Waals surface area contributed by atoms with Crippen molar-refractivity contribution in [3.63, 3.8) is 0 Å². The van der Waals surface area contributed by atoms with Gasteiger partial charge in [-0.25, -0.2) is 0 Å². The van der Waals surface area contributed by atoms with E-state index in [2.05, 4.69) is 22.2 Å². The van der Waals surface area contributed by atoms with Crippen molar-refractivity contribution in [2.45, 2.75) is 37.4 Å². The van der Waals surface area contributed by atoms with Crippen molar-refractivity contribution in [2.75, 3.05) is 33.2 Å². The SMILES string of the molecule is CN(C1CC1)C1CN(C2CCNC2)C1. The molecule has 80 valence electrons. The fourth-order valence-corrected chi connectivity index (χ4v) is 2.77. The van der Waals surface area contributed by atoms with Gasteiger partial charge in [0.15, 0.2) is 0 Å². The summed E-state index contributed by atoms with van der Waals surface area (Å²) in [7, 11) is 2.31.